The fourth-order valence-corrected chi connectivity index (χ4v) is 2.69. The van der Waals surface area contributed by atoms with Gasteiger partial charge in [-0.3, -0.25) is 14.2 Å². The van der Waals surface area contributed by atoms with E-state index in [0.717, 1.165) is 22.6 Å². The van der Waals surface area contributed by atoms with E-state index < -0.39 is 17.8 Å². The maximum Gasteiger partial charge on any atom is 0.435 e. The van der Waals surface area contributed by atoms with Crippen LogP contribution in [0.2, 0.25) is 0 Å². The number of hydrogen-bond donors (Lipinski definition) is 1. The zero-order valence-electron chi connectivity index (χ0n) is 12.8. The number of alkyl halides is 3. The van der Waals surface area contributed by atoms with Gasteiger partial charge in [0.05, 0.1) is 11.7 Å². The number of hydrogen-bond acceptors (Lipinski definition) is 4. The number of aromatic nitrogens is 4. The number of halogens is 3. The third-order valence-corrected chi connectivity index (χ3v) is 3.83. The number of nitrogens with zero attached hydrogens (tertiary/aromatic N) is 4. The van der Waals surface area contributed by atoms with Crippen LogP contribution in [0.1, 0.15) is 23.9 Å². The molecule has 24 heavy (non-hydrogen) atoms. The van der Waals surface area contributed by atoms with Crippen LogP contribution in [0.25, 0.3) is 0 Å². The van der Waals surface area contributed by atoms with Crippen molar-refractivity contribution in [3.05, 3.63) is 35.9 Å². The predicted molar refractivity (Wildman–Crippen MR) is 75.7 cm³/mol. The zero-order valence-corrected chi connectivity index (χ0v) is 12.8. The molecule has 0 aliphatic carbocycles. The Morgan fingerprint density at radius 1 is 1.46 bits per heavy atom. The normalized spacial score (nSPS) is 21.2. The molecule has 2 atom stereocenters. The first kappa shape index (κ1) is 16.5. The van der Waals surface area contributed by atoms with E-state index in [1.165, 1.54) is 0 Å². The average molecular weight is 343 g/mol. The van der Waals surface area contributed by atoms with E-state index >= 15 is 0 Å². The Balaban J connectivity index is 1.62. The summed E-state index contributed by atoms with van der Waals surface area (Å²) in [6.45, 7) is 0.200. The first-order chi connectivity index (χ1) is 11.3. The van der Waals surface area contributed by atoms with Gasteiger partial charge in [0, 0.05) is 26.0 Å². The molecule has 1 aliphatic heterocycles. The van der Waals surface area contributed by atoms with Crippen LogP contribution in [-0.2, 0) is 29.3 Å². The Morgan fingerprint density at radius 3 is 2.88 bits per heavy atom. The van der Waals surface area contributed by atoms with E-state index in [0.29, 0.717) is 13.0 Å². The molecule has 1 N–H and O–H groups in total. The molecule has 3 heterocycles. The second-order valence-electron chi connectivity index (χ2n) is 5.53. The molecular weight excluding hydrogens is 327 g/mol. The molecule has 2 aromatic heterocycles. The SMILES string of the molecule is Cn1nccc1[C@H]1OCC[C@@H]1NC(=O)Cn1ccc(C(F)(F)F)n1. The number of aryl methyl sites for hydroxylation is 1. The van der Waals surface area contributed by atoms with Gasteiger partial charge >= 0.3 is 6.18 Å². The Morgan fingerprint density at radius 2 is 2.25 bits per heavy atom. The average Bonchev–Trinajstić information content (AvgIpc) is 3.19. The highest BCUT2D eigenvalue weighted by Crippen LogP contribution is 2.29. The van der Waals surface area contributed by atoms with Crippen molar-refractivity contribution in [2.45, 2.75) is 31.3 Å². The predicted octanol–water partition coefficient (Wildman–Crippen LogP) is 1.28. The summed E-state index contributed by atoms with van der Waals surface area (Å²) >= 11 is 0. The van der Waals surface area contributed by atoms with Gasteiger partial charge in [-0.05, 0) is 18.6 Å². The molecule has 0 unspecified atom stereocenters. The highest BCUT2D eigenvalue weighted by molar-refractivity contribution is 5.76. The Labute approximate surface area is 135 Å². The number of ether oxygens (including phenoxy) is 1. The Kier molecular flexibility index (Phi) is 4.31. The lowest BCUT2D eigenvalue weighted by molar-refractivity contribution is -0.141. The van der Waals surface area contributed by atoms with Crippen molar-refractivity contribution in [2.24, 2.45) is 7.05 Å². The van der Waals surface area contributed by atoms with Gasteiger partial charge in [-0.1, -0.05) is 0 Å². The van der Waals surface area contributed by atoms with Gasteiger partial charge in [0.2, 0.25) is 5.91 Å². The minimum absolute atomic E-state index is 0.259. The van der Waals surface area contributed by atoms with E-state index in [1.54, 1.807) is 24.0 Å². The topological polar surface area (TPSA) is 74.0 Å². The molecular formula is C14H16F3N5O2. The lowest BCUT2D eigenvalue weighted by Gasteiger charge is -2.20. The smallest absolute Gasteiger partial charge is 0.370 e. The van der Waals surface area contributed by atoms with Gasteiger partial charge in [-0.15, -0.1) is 0 Å². The summed E-state index contributed by atoms with van der Waals surface area (Å²) in [6, 6.07) is 2.38. The highest BCUT2D eigenvalue weighted by Gasteiger charge is 2.34. The second kappa shape index (κ2) is 6.27. The summed E-state index contributed by atoms with van der Waals surface area (Å²) in [4.78, 5) is 12.1. The minimum Gasteiger partial charge on any atom is -0.370 e. The van der Waals surface area contributed by atoms with Crippen molar-refractivity contribution >= 4 is 5.91 Å². The largest absolute Gasteiger partial charge is 0.435 e. The van der Waals surface area contributed by atoms with E-state index in [2.05, 4.69) is 15.5 Å². The molecule has 1 saturated heterocycles. The fraction of sp³-hybridized carbons (Fsp3) is 0.500. The summed E-state index contributed by atoms with van der Waals surface area (Å²) in [5.41, 5.74) is -0.191. The molecule has 1 fully saturated rings. The van der Waals surface area contributed by atoms with Crippen LogP contribution in [0.3, 0.4) is 0 Å². The third-order valence-electron chi connectivity index (χ3n) is 3.83. The van der Waals surface area contributed by atoms with Crippen LogP contribution in [0.4, 0.5) is 13.2 Å². The number of rotatable bonds is 4. The Hall–Kier alpha value is -2.36. The van der Waals surface area contributed by atoms with Crippen LogP contribution in [0.15, 0.2) is 24.5 Å². The molecule has 0 saturated carbocycles. The summed E-state index contributed by atoms with van der Waals surface area (Å²) in [5.74, 6) is -0.422. The van der Waals surface area contributed by atoms with Gasteiger partial charge in [0.15, 0.2) is 5.69 Å². The fourth-order valence-electron chi connectivity index (χ4n) is 2.69. The number of carbonyl (C=O) groups excluding carboxylic acids is 1. The summed E-state index contributed by atoms with van der Waals surface area (Å²) in [5, 5.41) is 10.2. The maximum absolute atomic E-state index is 12.5. The van der Waals surface area contributed by atoms with Crippen molar-refractivity contribution in [2.75, 3.05) is 6.61 Å². The van der Waals surface area contributed by atoms with Gasteiger partial charge in [0.1, 0.15) is 12.6 Å². The van der Waals surface area contributed by atoms with Crippen molar-refractivity contribution in [1.82, 2.24) is 24.9 Å². The molecule has 0 bridgehead atoms. The lowest BCUT2D eigenvalue weighted by Crippen LogP contribution is -2.39. The van der Waals surface area contributed by atoms with Gasteiger partial charge in [0.25, 0.3) is 0 Å². The van der Waals surface area contributed by atoms with Crippen LogP contribution >= 0.6 is 0 Å². The zero-order chi connectivity index (χ0) is 17.3. The summed E-state index contributed by atoms with van der Waals surface area (Å²) < 4.78 is 45.8. The Bertz CT molecular complexity index is 724. The van der Waals surface area contributed by atoms with Crippen molar-refractivity contribution in [3.8, 4) is 0 Å². The molecule has 0 aromatic carbocycles. The van der Waals surface area contributed by atoms with Gasteiger partial charge in [-0.2, -0.15) is 23.4 Å². The summed E-state index contributed by atoms with van der Waals surface area (Å²) in [7, 11) is 1.78. The van der Waals surface area contributed by atoms with Gasteiger partial charge in [-0.25, -0.2) is 0 Å². The number of carbonyl (C=O) groups is 1. The quantitative estimate of drug-likeness (QED) is 0.908. The molecule has 1 amide bonds. The monoisotopic (exact) mass is 343 g/mol. The molecule has 0 radical (unpaired) electrons. The number of amides is 1. The molecule has 10 heteroatoms. The molecule has 0 spiro atoms. The van der Waals surface area contributed by atoms with Crippen molar-refractivity contribution in [3.63, 3.8) is 0 Å². The van der Waals surface area contributed by atoms with E-state index in [-0.39, 0.29) is 18.7 Å². The van der Waals surface area contributed by atoms with Crippen molar-refractivity contribution < 1.29 is 22.7 Å². The van der Waals surface area contributed by atoms with E-state index in [9.17, 15) is 18.0 Å². The van der Waals surface area contributed by atoms with Crippen molar-refractivity contribution in [1.29, 1.82) is 0 Å². The second-order valence-corrected chi connectivity index (χ2v) is 5.53. The molecule has 7 nitrogen and oxygen atoms in total. The number of nitrogens with one attached hydrogen (secondary N) is 1. The molecule has 130 valence electrons. The first-order valence-electron chi connectivity index (χ1n) is 7.34. The standard InChI is InChI=1S/C14H16F3N5O2/c1-21-10(2-5-18-21)13-9(4-7-24-13)19-12(23)8-22-6-3-11(20-22)14(15,16)17/h2-3,5-6,9,13H,4,7-8H2,1H3,(H,19,23)/t9-,13-/m0/s1. The van der Waals surface area contributed by atoms with Crippen LogP contribution in [-0.4, -0.2) is 38.1 Å². The summed E-state index contributed by atoms with van der Waals surface area (Å²) in [6.07, 6.45) is -1.46. The van der Waals surface area contributed by atoms with Crippen LogP contribution < -0.4 is 5.32 Å². The van der Waals surface area contributed by atoms with Crippen LogP contribution in [0, 0.1) is 0 Å². The minimum atomic E-state index is -4.52. The van der Waals surface area contributed by atoms with Crippen LogP contribution in [0.5, 0.6) is 0 Å². The third kappa shape index (κ3) is 3.42. The maximum atomic E-state index is 12.5. The molecule has 1 aliphatic rings. The highest BCUT2D eigenvalue weighted by atomic mass is 19.4. The molecule has 2 aromatic rings. The first-order valence-corrected chi connectivity index (χ1v) is 7.34. The van der Waals surface area contributed by atoms with Gasteiger partial charge < -0.3 is 10.1 Å². The molecule has 3 rings (SSSR count). The lowest BCUT2D eigenvalue weighted by atomic mass is 10.1. The van der Waals surface area contributed by atoms with E-state index in [4.69, 9.17) is 4.74 Å². The van der Waals surface area contributed by atoms with E-state index in [1.807, 2.05) is 0 Å².